The predicted octanol–water partition coefficient (Wildman–Crippen LogP) is -1.17. The Bertz CT molecular complexity index is 375. The molecule has 0 aromatic carbocycles. The standard InChI is InChI=1S/C10H22N4O3S/c1-12(2)10(15)11-4-9-18(16,17)14-7-5-13(3)6-8-14/h4-9H2,1-3H3,(H,11,15). The van der Waals surface area contributed by atoms with Gasteiger partial charge in [0.25, 0.3) is 0 Å². The lowest BCUT2D eigenvalue weighted by Crippen LogP contribution is -2.49. The summed E-state index contributed by atoms with van der Waals surface area (Å²) in [5, 5.41) is 2.56. The van der Waals surface area contributed by atoms with Gasteiger partial charge in [0.05, 0.1) is 5.75 Å². The molecule has 7 nitrogen and oxygen atoms in total. The van der Waals surface area contributed by atoms with Crippen LogP contribution < -0.4 is 5.32 Å². The van der Waals surface area contributed by atoms with Crippen molar-refractivity contribution in [3.8, 4) is 0 Å². The molecule has 1 saturated heterocycles. The Labute approximate surface area is 109 Å². The van der Waals surface area contributed by atoms with Crippen LogP contribution in [-0.4, -0.2) is 88.2 Å². The number of carbonyl (C=O) groups excluding carboxylic acids is 1. The number of rotatable bonds is 4. The molecule has 1 rings (SSSR count). The molecule has 0 radical (unpaired) electrons. The Kier molecular flexibility index (Phi) is 5.36. The van der Waals surface area contributed by atoms with Gasteiger partial charge in [-0.05, 0) is 7.05 Å². The van der Waals surface area contributed by atoms with Crippen molar-refractivity contribution in [1.82, 2.24) is 19.4 Å². The molecular formula is C10H22N4O3S. The number of urea groups is 1. The normalized spacial score (nSPS) is 18.6. The minimum absolute atomic E-state index is 0.0453. The molecule has 1 heterocycles. The molecule has 106 valence electrons. The fraction of sp³-hybridized carbons (Fsp3) is 0.900. The van der Waals surface area contributed by atoms with Crippen LogP contribution in [0.4, 0.5) is 4.79 Å². The fourth-order valence-corrected chi connectivity index (χ4v) is 2.98. The van der Waals surface area contributed by atoms with Crippen molar-refractivity contribution in [3.63, 3.8) is 0 Å². The van der Waals surface area contributed by atoms with E-state index in [-0.39, 0.29) is 18.3 Å². The van der Waals surface area contributed by atoms with Crippen molar-refractivity contribution in [1.29, 1.82) is 0 Å². The van der Waals surface area contributed by atoms with Crippen molar-refractivity contribution in [3.05, 3.63) is 0 Å². The van der Waals surface area contributed by atoms with Crippen LogP contribution in [0.2, 0.25) is 0 Å². The van der Waals surface area contributed by atoms with E-state index in [1.807, 2.05) is 7.05 Å². The zero-order valence-electron chi connectivity index (χ0n) is 11.2. The van der Waals surface area contributed by atoms with Crippen molar-refractivity contribution < 1.29 is 13.2 Å². The molecule has 18 heavy (non-hydrogen) atoms. The summed E-state index contributed by atoms with van der Waals surface area (Å²) >= 11 is 0. The summed E-state index contributed by atoms with van der Waals surface area (Å²) in [6.07, 6.45) is 0. The third-order valence-electron chi connectivity index (χ3n) is 2.90. The number of amides is 2. The van der Waals surface area contributed by atoms with Gasteiger partial charge in [0, 0.05) is 46.8 Å². The fourth-order valence-electron chi connectivity index (χ4n) is 1.64. The number of carbonyl (C=O) groups is 1. The van der Waals surface area contributed by atoms with Gasteiger partial charge in [0.2, 0.25) is 10.0 Å². The number of nitrogens with one attached hydrogen (secondary N) is 1. The van der Waals surface area contributed by atoms with E-state index in [9.17, 15) is 13.2 Å². The molecule has 0 aliphatic carbocycles. The molecule has 0 bridgehead atoms. The first-order valence-corrected chi connectivity index (χ1v) is 7.55. The monoisotopic (exact) mass is 278 g/mol. The third kappa shape index (κ3) is 4.43. The molecule has 8 heteroatoms. The average Bonchev–Trinajstić information content (AvgIpc) is 2.29. The molecule has 1 aliphatic rings. The second-order valence-corrected chi connectivity index (χ2v) is 6.73. The minimum Gasteiger partial charge on any atom is -0.337 e. The number of hydrogen-bond donors (Lipinski definition) is 1. The van der Waals surface area contributed by atoms with Gasteiger partial charge in [-0.1, -0.05) is 0 Å². The molecule has 0 aromatic rings. The van der Waals surface area contributed by atoms with Crippen LogP contribution in [0.5, 0.6) is 0 Å². The third-order valence-corrected chi connectivity index (χ3v) is 4.77. The molecule has 0 spiro atoms. The first kappa shape index (κ1) is 15.2. The summed E-state index contributed by atoms with van der Waals surface area (Å²) in [6.45, 7) is 2.71. The van der Waals surface area contributed by atoms with E-state index in [0.29, 0.717) is 13.1 Å². The Morgan fingerprint density at radius 1 is 1.22 bits per heavy atom. The molecule has 1 aliphatic heterocycles. The van der Waals surface area contributed by atoms with Crippen molar-refractivity contribution in [2.24, 2.45) is 0 Å². The van der Waals surface area contributed by atoms with Crippen LogP contribution >= 0.6 is 0 Å². The van der Waals surface area contributed by atoms with Gasteiger partial charge < -0.3 is 15.1 Å². The van der Waals surface area contributed by atoms with E-state index >= 15 is 0 Å². The van der Waals surface area contributed by atoms with Crippen LogP contribution in [0.15, 0.2) is 0 Å². The number of piperazine rings is 1. The van der Waals surface area contributed by atoms with E-state index in [0.717, 1.165) is 13.1 Å². The number of likely N-dealkylation sites (N-methyl/N-ethyl adjacent to an activating group) is 1. The molecule has 1 N–H and O–H groups in total. The summed E-state index contributed by atoms with van der Waals surface area (Å²) in [7, 11) is 1.95. The van der Waals surface area contributed by atoms with Crippen LogP contribution in [0.3, 0.4) is 0 Å². The highest BCUT2D eigenvalue weighted by atomic mass is 32.2. The second-order valence-electron chi connectivity index (χ2n) is 4.64. The van der Waals surface area contributed by atoms with Crippen LogP contribution in [0.25, 0.3) is 0 Å². The molecule has 0 atom stereocenters. The Balaban J connectivity index is 2.38. The SMILES string of the molecule is CN1CCN(S(=O)(=O)CCNC(=O)N(C)C)CC1. The quantitative estimate of drug-likeness (QED) is 0.704. The summed E-state index contributed by atoms with van der Waals surface area (Å²) in [6, 6.07) is -0.274. The highest BCUT2D eigenvalue weighted by Crippen LogP contribution is 2.06. The maximum absolute atomic E-state index is 12.0. The summed E-state index contributed by atoms with van der Waals surface area (Å²) in [4.78, 5) is 14.7. The van der Waals surface area contributed by atoms with E-state index in [2.05, 4.69) is 10.2 Å². The van der Waals surface area contributed by atoms with Crippen LogP contribution in [0, 0.1) is 0 Å². The zero-order valence-corrected chi connectivity index (χ0v) is 12.0. The minimum atomic E-state index is -3.25. The zero-order chi connectivity index (χ0) is 13.8. The van der Waals surface area contributed by atoms with E-state index in [1.54, 1.807) is 14.1 Å². The van der Waals surface area contributed by atoms with Gasteiger partial charge in [-0.25, -0.2) is 13.2 Å². The lowest BCUT2D eigenvalue weighted by atomic mass is 10.4. The summed E-state index contributed by atoms with van der Waals surface area (Å²) < 4.78 is 25.5. The number of hydrogen-bond acceptors (Lipinski definition) is 4. The Morgan fingerprint density at radius 2 is 1.78 bits per heavy atom. The lowest BCUT2D eigenvalue weighted by Gasteiger charge is -2.31. The van der Waals surface area contributed by atoms with E-state index in [4.69, 9.17) is 0 Å². The van der Waals surface area contributed by atoms with Gasteiger partial charge in [-0.15, -0.1) is 0 Å². The van der Waals surface area contributed by atoms with E-state index < -0.39 is 10.0 Å². The molecule has 2 amide bonds. The molecule has 0 unspecified atom stereocenters. The van der Waals surface area contributed by atoms with Crippen LogP contribution in [0.1, 0.15) is 0 Å². The predicted molar refractivity (Wildman–Crippen MR) is 69.9 cm³/mol. The second kappa shape index (κ2) is 6.35. The largest absolute Gasteiger partial charge is 0.337 e. The highest BCUT2D eigenvalue weighted by molar-refractivity contribution is 7.89. The Hall–Kier alpha value is -0.860. The summed E-state index contributed by atoms with van der Waals surface area (Å²) in [5.74, 6) is -0.0453. The van der Waals surface area contributed by atoms with E-state index in [1.165, 1.54) is 9.21 Å². The maximum atomic E-state index is 12.0. The smallest absolute Gasteiger partial charge is 0.316 e. The average molecular weight is 278 g/mol. The molecule has 0 saturated carbocycles. The number of sulfonamides is 1. The van der Waals surface area contributed by atoms with Gasteiger partial charge >= 0.3 is 6.03 Å². The van der Waals surface area contributed by atoms with Crippen molar-refractivity contribution in [2.45, 2.75) is 0 Å². The lowest BCUT2D eigenvalue weighted by molar-refractivity contribution is 0.217. The van der Waals surface area contributed by atoms with Gasteiger partial charge in [0.1, 0.15) is 0 Å². The summed E-state index contributed by atoms with van der Waals surface area (Å²) in [5.41, 5.74) is 0. The first-order valence-electron chi connectivity index (χ1n) is 5.94. The van der Waals surface area contributed by atoms with Gasteiger partial charge in [-0.2, -0.15) is 4.31 Å². The topological polar surface area (TPSA) is 73.0 Å². The molecule has 1 fully saturated rings. The van der Waals surface area contributed by atoms with Gasteiger partial charge in [-0.3, -0.25) is 0 Å². The Morgan fingerprint density at radius 3 is 2.28 bits per heavy atom. The van der Waals surface area contributed by atoms with Gasteiger partial charge in [0.15, 0.2) is 0 Å². The van der Waals surface area contributed by atoms with Crippen molar-refractivity contribution >= 4 is 16.1 Å². The first-order chi connectivity index (χ1) is 8.33. The number of nitrogens with zero attached hydrogens (tertiary/aromatic N) is 3. The van der Waals surface area contributed by atoms with Crippen molar-refractivity contribution in [2.75, 3.05) is 59.6 Å². The van der Waals surface area contributed by atoms with Crippen LogP contribution in [-0.2, 0) is 10.0 Å². The molecular weight excluding hydrogens is 256 g/mol. The highest BCUT2D eigenvalue weighted by Gasteiger charge is 2.25. The maximum Gasteiger partial charge on any atom is 0.316 e. The molecule has 0 aromatic heterocycles.